The van der Waals surface area contributed by atoms with Crippen molar-refractivity contribution in [1.82, 2.24) is 9.80 Å². The van der Waals surface area contributed by atoms with E-state index in [0.29, 0.717) is 30.2 Å². The van der Waals surface area contributed by atoms with Crippen LogP contribution < -0.4 is 4.31 Å². The third-order valence-corrected chi connectivity index (χ3v) is 5.96. The number of halogens is 1. The Morgan fingerprint density at radius 1 is 1.16 bits per heavy atom. The van der Waals surface area contributed by atoms with Gasteiger partial charge in [-0.3, -0.25) is 9.10 Å². The first-order valence-corrected chi connectivity index (χ1v) is 10.8. The second-order valence-corrected chi connectivity index (χ2v) is 8.51. The Bertz CT molecular complexity index is 686. The van der Waals surface area contributed by atoms with Crippen molar-refractivity contribution in [3.8, 4) is 0 Å². The first kappa shape index (κ1) is 20.0. The molecule has 1 aliphatic rings. The fourth-order valence-corrected chi connectivity index (χ4v) is 4.46. The monoisotopic (exact) mass is 387 g/mol. The molecule has 25 heavy (non-hydrogen) atoms. The maximum Gasteiger partial charge on any atom is 0.246 e. The molecule has 1 aliphatic heterocycles. The number of benzene rings is 1. The van der Waals surface area contributed by atoms with E-state index in [1.165, 1.54) is 4.31 Å². The van der Waals surface area contributed by atoms with E-state index in [9.17, 15) is 13.2 Å². The van der Waals surface area contributed by atoms with Gasteiger partial charge in [0.1, 0.15) is 6.04 Å². The average molecular weight is 388 g/mol. The molecule has 0 aromatic heterocycles. The summed E-state index contributed by atoms with van der Waals surface area (Å²) in [6.07, 6.45) is 1.54. The van der Waals surface area contributed by atoms with Gasteiger partial charge in [0.25, 0.3) is 0 Å². The smallest absolute Gasteiger partial charge is 0.246 e. The van der Waals surface area contributed by atoms with Gasteiger partial charge in [-0.05, 0) is 37.2 Å². The second-order valence-electron chi connectivity index (χ2n) is 6.22. The van der Waals surface area contributed by atoms with E-state index in [-0.39, 0.29) is 5.91 Å². The van der Waals surface area contributed by atoms with Crippen LogP contribution >= 0.6 is 11.6 Å². The maximum absolute atomic E-state index is 13.0. The van der Waals surface area contributed by atoms with Gasteiger partial charge in [0.15, 0.2) is 0 Å². The molecule has 2 rings (SSSR count). The highest BCUT2D eigenvalue weighted by molar-refractivity contribution is 7.92. The molecule has 1 aromatic carbocycles. The fourth-order valence-electron chi connectivity index (χ4n) is 3.13. The molecule has 0 unspecified atom stereocenters. The zero-order valence-corrected chi connectivity index (χ0v) is 16.6. The van der Waals surface area contributed by atoms with E-state index in [1.54, 1.807) is 29.2 Å². The Labute approximate surface area is 155 Å². The molecular formula is C17H26ClN3O3S. The summed E-state index contributed by atoms with van der Waals surface area (Å²) in [5.41, 5.74) is 0.458. The molecule has 1 heterocycles. The molecule has 0 saturated carbocycles. The minimum atomic E-state index is -3.61. The predicted molar refractivity (Wildman–Crippen MR) is 102 cm³/mol. The summed E-state index contributed by atoms with van der Waals surface area (Å²) in [7, 11) is -3.61. The summed E-state index contributed by atoms with van der Waals surface area (Å²) in [4.78, 5) is 17.1. The summed E-state index contributed by atoms with van der Waals surface area (Å²) < 4.78 is 26.1. The van der Waals surface area contributed by atoms with Gasteiger partial charge in [0, 0.05) is 31.2 Å². The third kappa shape index (κ3) is 4.86. The van der Waals surface area contributed by atoms with Crippen molar-refractivity contribution < 1.29 is 13.2 Å². The molecule has 6 nitrogen and oxygen atoms in total. The fraction of sp³-hybridized carbons (Fsp3) is 0.588. The number of nitrogens with zero attached hydrogens (tertiary/aromatic N) is 3. The molecule has 1 amide bonds. The minimum Gasteiger partial charge on any atom is -0.338 e. The lowest BCUT2D eigenvalue weighted by Crippen LogP contribution is -2.55. The van der Waals surface area contributed by atoms with Gasteiger partial charge in [0.2, 0.25) is 15.9 Å². The molecule has 1 atom stereocenters. The van der Waals surface area contributed by atoms with Gasteiger partial charge in [-0.25, -0.2) is 8.42 Å². The summed E-state index contributed by atoms with van der Waals surface area (Å²) in [5.74, 6) is -0.140. The summed E-state index contributed by atoms with van der Waals surface area (Å²) in [5, 5.41) is 0.521. The molecule has 0 N–H and O–H groups in total. The second kappa shape index (κ2) is 8.38. The van der Waals surface area contributed by atoms with Crippen molar-refractivity contribution in [2.75, 3.05) is 43.3 Å². The van der Waals surface area contributed by atoms with Gasteiger partial charge in [-0.15, -0.1) is 0 Å². The van der Waals surface area contributed by atoms with Gasteiger partial charge in [-0.2, -0.15) is 0 Å². The predicted octanol–water partition coefficient (Wildman–Crippen LogP) is 2.05. The lowest BCUT2D eigenvalue weighted by molar-refractivity contribution is -0.134. The summed E-state index contributed by atoms with van der Waals surface area (Å²) in [6.45, 7) is 7.77. The Hall–Kier alpha value is -1.31. The number of hydrogen-bond donors (Lipinski definition) is 0. The van der Waals surface area contributed by atoms with Crippen molar-refractivity contribution in [3.63, 3.8) is 0 Å². The number of sulfonamides is 1. The highest BCUT2D eigenvalue weighted by Crippen LogP contribution is 2.25. The lowest BCUT2D eigenvalue weighted by atomic mass is 10.1. The van der Waals surface area contributed by atoms with Gasteiger partial charge in [-0.1, -0.05) is 25.4 Å². The van der Waals surface area contributed by atoms with E-state index in [2.05, 4.69) is 11.8 Å². The number of piperazine rings is 1. The normalized spacial score (nSPS) is 17.4. The van der Waals surface area contributed by atoms with Crippen LogP contribution in [0.25, 0.3) is 0 Å². The van der Waals surface area contributed by atoms with Gasteiger partial charge >= 0.3 is 0 Å². The molecule has 0 radical (unpaired) electrons. The third-order valence-electron chi connectivity index (χ3n) is 4.52. The van der Waals surface area contributed by atoms with Crippen molar-refractivity contribution in [2.45, 2.75) is 26.3 Å². The molecule has 1 saturated heterocycles. The van der Waals surface area contributed by atoms with Gasteiger partial charge in [0.05, 0.1) is 11.9 Å². The Balaban J connectivity index is 2.27. The Morgan fingerprint density at radius 2 is 1.72 bits per heavy atom. The molecule has 1 aromatic rings. The van der Waals surface area contributed by atoms with Crippen LogP contribution in [0.5, 0.6) is 0 Å². The van der Waals surface area contributed by atoms with Gasteiger partial charge < -0.3 is 9.80 Å². The number of likely N-dealkylation sites (N-methyl/N-ethyl adjacent to an activating group) is 1. The van der Waals surface area contributed by atoms with E-state index >= 15 is 0 Å². The largest absolute Gasteiger partial charge is 0.338 e. The standard InChI is InChI=1S/C17H26ClN3O3S/c1-4-16(17(22)20-12-10-19(5-2)11-13-20)21(25(3,23)24)15-8-6-14(18)7-9-15/h6-9,16H,4-5,10-13H2,1-3H3/t16-/m1/s1. The van der Waals surface area contributed by atoms with Crippen molar-refractivity contribution >= 4 is 33.2 Å². The van der Waals surface area contributed by atoms with E-state index in [4.69, 9.17) is 11.6 Å². The van der Waals surface area contributed by atoms with Crippen LogP contribution in [0.3, 0.4) is 0 Å². The number of amides is 1. The Morgan fingerprint density at radius 3 is 2.16 bits per heavy atom. The number of anilines is 1. The van der Waals surface area contributed by atoms with E-state index in [1.807, 2.05) is 6.92 Å². The number of carbonyl (C=O) groups excluding carboxylic acids is 1. The highest BCUT2D eigenvalue weighted by atomic mass is 35.5. The lowest BCUT2D eigenvalue weighted by Gasteiger charge is -2.38. The van der Waals surface area contributed by atoms with Crippen LogP contribution in [0.1, 0.15) is 20.3 Å². The van der Waals surface area contributed by atoms with Crippen molar-refractivity contribution in [3.05, 3.63) is 29.3 Å². The highest BCUT2D eigenvalue weighted by Gasteiger charge is 2.35. The average Bonchev–Trinajstić information content (AvgIpc) is 2.59. The number of rotatable bonds is 6. The first-order chi connectivity index (χ1) is 11.8. The SMILES string of the molecule is CC[C@H](C(=O)N1CCN(CC)CC1)N(c1ccc(Cl)cc1)S(C)(=O)=O. The van der Waals surface area contributed by atoms with Crippen LogP contribution in [0.4, 0.5) is 5.69 Å². The molecule has 8 heteroatoms. The quantitative estimate of drug-likeness (QED) is 0.749. The van der Waals surface area contributed by atoms with Crippen LogP contribution in [-0.4, -0.2) is 69.1 Å². The molecular weight excluding hydrogens is 362 g/mol. The summed E-state index contributed by atoms with van der Waals surface area (Å²) in [6, 6.07) is 5.78. The minimum absolute atomic E-state index is 0.140. The Kier molecular flexibility index (Phi) is 6.71. The van der Waals surface area contributed by atoms with Crippen LogP contribution in [0, 0.1) is 0 Å². The zero-order valence-electron chi connectivity index (χ0n) is 15.0. The topological polar surface area (TPSA) is 60.9 Å². The van der Waals surface area contributed by atoms with Crippen molar-refractivity contribution in [1.29, 1.82) is 0 Å². The molecule has 140 valence electrons. The number of hydrogen-bond acceptors (Lipinski definition) is 4. The van der Waals surface area contributed by atoms with Crippen LogP contribution in [0.2, 0.25) is 5.02 Å². The molecule has 0 aliphatic carbocycles. The zero-order chi connectivity index (χ0) is 18.6. The summed E-state index contributed by atoms with van der Waals surface area (Å²) >= 11 is 5.91. The number of carbonyl (C=O) groups is 1. The molecule has 0 spiro atoms. The van der Waals surface area contributed by atoms with Crippen molar-refractivity contribution in [2.24, 2.45) is 0 Å². The molecule has 0 bridgehead atoms. The maximum atomic E-state index is 13.0. The van der Waals surface area contributed by atoms with E-state index < -0.39 is 16.1 Å². The van der Waals surface area contributed by atoms with Crippen LogP contribution in [0.15, 0.2) is 24.3 Å². The molecule has 1 fully saturated rings. The first-order valence-electron chi connectivity index (χ1n) is 8.54. The van der Waals surface area contributed by atoms with E-state index in [0.717, 1.165) is 25.9 Å². The van der Waals surface area contributed by atoms with Crippen LogP contribution in [-0.2, 0) is 14.8 Å².